The molecule has 0 heterocycles. The molecule has 0 spiro atoms. The molecule has 56 valence electrons. The number of rotatable bonds is 2. The highest BCUT2D eigenvalue weighted by molar-refractivity contribution is 5.63. The fraction of sp³-hybridized carbons (Fsp3) is 0.111. The second-order valence-corrected chi connectivity index (χ2v) is 2.36. The lowest BCUT2D eigenvalue weighted by Gasteiger charge is -1.97. The van der Waals surface area contributed by atoms with E-state index in [4.69, 9.17) is 0 Å². The van der Waals surface area contributed by atoms with Crippen LogP contribution in [0.3, 0.4) is 0 Å². The normalized spacial score (nSPS) is 9.18. The molecule has 0 aliphatic rings. The van der Waals surface area contributed by atoms with Gasteiger partial charge in [0, 0.05) is 5.56 Å². The van der Waals surface area contributed by atoms with Crippen molar-refractivity contribution in [1.82, 2.24) is 0 Å². The SMILES string of the molecule is C=Cc1ccc(C)cc1N=O. The highest BCUT2D eigenvalue weighted by Crippen LogP contribution is 2.20. The van der Waals surface area contributed by atoms with Crippen molar-refractivity contribution in [2.45, 2.75) is 6.92 Å². The summed E-state index contributed by atoms with van der Waals surface area (Å²) in [5.74, 6) is 0. The van der Waals surface area contributed by atoms with Gasteiger partial charge in [-0.2, -0.15) is 0 Å². The topological polar surface area (TPSA) is 29.4 Å². The van der Waals surface area contributed by atoms with E-state index in [2.05, 4.69) is 11.8 Å². The minimum absolute atomic E-state index is 0.458. The third-order valence-electron chi connectivity index (χ3n) is 1.50. The second-order valence-electron chi connectivity index (χ2n) is 2.36. The van der Waals surface area contributed by atoms with Crippen LogP contribution < -0.4 is 0 Å². The Hall–Kier alpha value is -1.44. The Morgan fingerprint density at radius 3 is 2.82 bits per heavy atom. The Labute approximate surface area is 65.5 Å². The van der Waals surface area contributed by atoms with Gasteiger partial charge in [-0.15, -0.1) is 4.91 Å². The Morgan fingerprint density at radius 1 is 1.55 bits per heavy atom. The van der Waals surface area contributed by atoms with Gasteiger partial charge in [0.1, 0.15) is 5.69 Å². The van der Waals surface area contributed by atoms with Gasteiger partial charge in [0.05, 0.1) is 0 Å². The van der Waals surface area contributed by atoms with Gasteiger partial charge in [-0.1, -0.05) is 24.8 Å². The maximum Gasteiger partial charge on any atom is 0.115 e. The predicted octanol–water partition coefficient (Wildman–Crippen LogP) is 3.04. The smallest absolute Gasteiger partial charge is 0.115 e. The lowest BCUT2D eigenvalue weighted by Crippen LogP contribution is -1.75. The molecule has 1 rings (SSSR count). The molecule has 11 heavy (non-hydrogen) atoms. The number of nitroso groups, excluding NO2 is 1. The van der Waals surface area contributed by atoms with Crippen molar-refractivity contribution >= 4 is 11.8 Å². The summed E-state index contributed by atoms with van der Waals surface area (Å²) in [6.07, 6.45) is 1.62. The first-order chi connectivity index (χ1) is 5.27. The highest BCUT2D eigenvalue weighted by Gasteiger charge is 1.97. The van der Waals surface area contributed by atoms with Crippen molar-refractivity contribution in [2.24, 2.45) is 5.18 Å². The van der Waals surface area contributed by atoms with Crippen molar-refractivity contribution in [1.29, 1.82) is 0 Å². The monoisotopic (exact) mass is 147 g/mol. The fourth-order valence-corrected chi connectivity index (χ4v) is 0.905. The van der Waals surface area contributed by atoms with Crippen LogP contribution in [0.1, 0.15) is 11.1 Å². The first-order valence-corrected chi connectivity index (χ1v) is 3.34. The first-order valence-electron chi connectivity index (χ1n) is 3.34. The van der Waals surface area contributed by atoms with Crippen molar-refractivity contribution in [3.05, 3.63) is 40.8 Å². The maximum atomic E-state index is 10.2. The molecule has 0 saturated heterocycles. The van der Waals surface area contributed by atoms with Crippen LogP contribution >= 0.6 is 0 Å². The number of aryl methyl sites for hydroxylation is 1. The molecule has 0 aliphatic carbocycles. The second kappa shape index (κ2) is 3.10. The molecule has 0 aliphatic heterocycles. The summed E-state index contributed by atoms with van der Waals surface area (Å²) in [7, 11) is 0. The van der Waals surface area contributed by atoms with E-state index in [1.807, 2.05) is 19.1 Å². The number of hydrogen-bond acceptors (Lipinski definition) is 2. The molecule has 2 nitrogen and oxygen atoms in total. The molecule has 0 bridgehead atoms. The molecular formula is C9H9NO. The van der Waals surface area contributed by atoms with Crippen LogP contribution in [0.5, 0.6) is 0 Å². The van der Waals surface area contributed by atoms with E-state index in [0.717, 1.165) is 11.1 Å². The molecule has 0 aromatic heterocycles. The zero-order chi connectivity index (χ0) is 8.27. The zero-order valence-corrected chi connectivity index (χ0v) is 6.37. The minimum atomic E-state index is 0.458. The van der Waals surface area contributed by atoms with Gasteiger partial charge < -0.3 is 0 Å². The van der Waals surface area contributed by atoms with E-state index in [0.29, 0.717) is 5.69 Å². The molecule has 2 heteroatoms. The fourth-order valence-electron chi connectivity index (χ4n) is 0.905. The van der Waals surface area contributed by atoms with Gasteiger partial charge in [-0.25, -0.2) is 0 Å². The van der Waals surface area contributed by atoms with Gasteiger partial charge in [0.15, 0.2) is 0 Å². The Balaban J connectivity index is 3.26. The Morgan fingerprint density at radius 2 is 2.27 bits per heavy atom. The summed E-state index contributed by atoms with van der Waals surface area (Å²) < 4.78 is 0. The van der Waals surface area contributed by atoms with Crippen molar-refractivity contribution in [3.8, 4) is 0 Å². The standard InChI is InChI=1S/C9H9NO/c1-3-8-5-4-7(2)6-9(8)10-11/h3-6H,1H2,2H3. The van der Waals surface area contributed by atoms with Crippen LogP contribution in [0.25, 0.3) is 6.08 Å². The van der Waals surface area contributed by atoms with Crippen LogP contribution in [0.2, 0.25) is 0 Å². The third kappa shape index (κ3) is 1.52. The predicted molar refractivity (Wildman–Crippen MR) is 46.7 cm³/mol. The summed E-state index contributed by atoms with van der Waals surface area (Å²) in [6, 6.07) is 5.49. The molecular weight excluding hydrogens is 138 g/mol. The molecule has 0 N–H and O–H groups in total. The summed E-state index contributed by atoms with van der Waals surface area (Å²) in [6.45, 7) is 5.49. The Kier molecular flexibility index (Phi) is 2.16. The maximum absolute atomic E-state index is 10.2. The molecule has 0 amide bonds. The summed E-state index contributed by atoms with van der Waals surface area (Å²) in [5.41, 5.74) is 2.27. The van der Waals surface area contributed by atoms with Crippen LogP contribution in [-0.2, 0) is 0 Å². The molecule has 0 saturated carbocycles. The van der Waals surface area contributed by atoms with Crippen molar-refractivity contribution < 1.29 is 0 Å². The van der Waals surface area contributed by atoms with Crippen LogP contribution in [0, 0.1) is 11.8 Å². The summed E-state index contributed by atoms with van der Waals surface area (Å²) >= 11 is 0. The van der Waals surface area contributed by atoms with E-state index in [1.165, 1.54) is 0 Å². The molecule has 0 unspecified atom stereocenters. The molecule has 1 aromatic carbocycles. The first kappa shape index (κ1) is 7.66. The Bertz CT molecular complexity index is 292. The largest absolute Gasteiger partial charge is 0.145 e. The quantitative estimate of drug-likeness (QED) is 0.591. The molecule has 1 aromatic rings. The number of nitrogens with zero attached hydrogens (tertiary/aromatic N) is 1. The molecule has 0 fully saturated rings. The number of benzene rings is 1. The number of hydrogen-bond donors (Lipinski definition) is 0. The van der Waals surface area contributed by atoms with Crippen molar-refractivity contribution in [2.75, 3.05) is 0 Å². The van der Waals surface area contributed by atoms with Gasteiger partial charge >= 0.3 is 0 Å². The van der Waals surface area contributed by atoms with Crippen LogP contribution in [0.15, 0.2) is 30.0 Å². The molecule has 0 atom stereocenters. The summed E-state index contributed by atoms with van der Waals surface area (Å²) in [5, 5.41) is 2.88. The minimum Gasteiger partial charge on any atom is -0.145 e. The average Bonchev–Trinajstić information content (AvgIpc) is 2.04. The third-order valence-corrected chi connectivity index (χ3v) is 1.50. The van der Waals surface area contributed by atoms with E-state index in [9.17, 15) is 4.91 Å². The lowest BCUT2D eigenvalue weighted by atomic mass is 10.1. The van der Waals surface area contributed by atoms with E-state index in [1.54, 1.807) is 12.1 Å². The van der Waals surface area contributed by atoms with Crippen molar-refractivity contribution in [3.63, 3.8) is 0 Å². The van der Waals surface area contributed by atoms with Gasteiger partial charge in [-0.3, -0.25) is 0 Å². The van der Waals surface area contributed by atoms with Crippen LogP contribution in [0.4, 0.5) is 5.69 Å². The van der Waals surface area contributed by atoms with Gasteiger partial charge in [0.25, 0.3) is 0 Å². The van der Waals surface area contributed by atoms with Gasteiger partial charge in [0.2, 0.25) is 0 Å². The lowest BCUT2D eigenvalue weighted by molar-refractivity contribution is 1.40. The molecule has 0 radical (unpaired) electrons. The van der Waals surface area contributed by atoms with E-state index >= 15 is 0 Å². The van der Waals surface area contributed by atoms with E-state index < -0.39 is 0 Å². The average molecular weight is 147 g/mol. The summed E-state index contributed by atoms with van der Waals surface area (Å²) in [4.78, 5) is 10.2. The van der Waals surface area contributed by atoms with Gasteiger partial charge in [-0.05, 0) is 23.7 Å². The van der Waals surface area contributed by atoms with Crippen LogP contribution in [-0.4, -0.2) is 0 Å². The highest BCUT2D eigenvalue weighted by atomic mass is 16.3. The zero-order valence-electron chi connectivity index (χ0n) is 6.37. The van der Waals surface area contributed by atoms with E-state index in [-0.39, 0.29) is 0 Å².